The lowest BCUT2D eigenvalue weighted by atomic mass is 10.0. The lowest BCUT2D eigenvalue weighted by Crippen LogP contribution is -2.41. The van der Waals surface area contributed by atoms with Crippen molar-refractivity contribution in [2.45, 2.75) is 30.7 Å². The number of sulfonamides is 1. The minimum Gasteiger partial charge on any atom is -0.481 e. The van der Waals surface area contributed by atoms with E-state index in [1.54, 1.807) is 25.1 Å². The number of hydrogen-bond donors (Lipinski definition) is 4. The Labute approximate surface area is 216 Å². The van der Waals surface area contributed by atoms with Gasteiger partial charge in [-0.05, 0) is 66.6 Å². The number of nitrogens with one attached hydrogen (secondary N) is 2. The number of carboxylic acid groups (broad SMARTS) is 2. The van der Waals surface area contributed by atoms with Gasteiger partial charge in [-0.2, -0.15) is 5.32 Å². The Morgan fingerprint density at radius 2 is 1.68 bits per heavy atom. The smallest absolute Gasteiger partial charge is 0.326 e. The molecule has 1 aliphatic heterocycles. The van der Waals surface area contributed by atoms with Crippen LogP contribution in [0.4, 0.5) is 11.4 Å². The van der Waals surface area contributed by atoms with Gasteiger partial charge in [-0.25, -0.2) is 18.2 Å². The fourth-order valence-electron chi connectivity index (χ4n) is 3.85. The zero-order valence-electron chi connectivity index (χ0n) is 19.8. The normalized spacial score (nSPS) is 13.6. The second kappa shape index (κ2) is 10.3. The van der Waals surface area contributed by atoms with Gasteiger partial charge in [0.2, 0.25) is 0 Å². The number of carbonyl (C=O) groups excluding carboxylic acids is 2. The van der Waals surface area contributed by atoms with Crippen LogP contribution in [-0.2, 0) is 19.6 Å². The number of amidine groups is 1. The molecule has 13 heteroatoms. The maximum atomic E-state index is 13.1. The molecule has 1 atom stereocenters. The Bertz CT molecular complexity index is 1610. The molecule has 0 aliphatic carbocycles. The molecule has 3 aromatic carbocycles. The number of rotatable bonds is 9. The Morgan fingerprint density at radius 3 is 2.34 bits per heavy atom. The van der Waals surface area contributed by atoms with Crippen LogP contribution in [0.2, 0.25) is 0 Å². The van der Waals surface area contributed by atoms with Crippen LogP contribution in [-0.4, -0.2) is 54.3 Å². The average molecular weight is 538 g/mol. The van der Waals surface area contributed by atoms with E-state index in [4.69, 9.17) is 5.11 Å². The van der Waals surface area contributed by atoms with Crippen molar-refractivity contribution in [3.8, 4) is 0 Å². The minimum atomic E-state index is -4.10. The molecule has 3 aromatic rings. The van der Waals surface area contributed by atoms with Gasteiger partial charge in [0.05, 0.1) is 16.1 Å². The van der Waals surface area contributed by atoms with Gasteiger partial charge < -0.3 is 15.5 Å². The van der Waals surface area contributed by atoms with Gasteiger partial charge in [0, 0.05) is 17.7 Å². The number of benzene rings is 3. The average Bonchev–Trinajstić information content (AvgIpc) is 2.85. The fourth-order valence-corrected chi connectivity index (χ4v) is 4.93. The van der Waals surface area contributed by atoms with E-state index in [9.17, 15) is 32.7 Å². The van der Waals surface area contributed by atoms with Gasteiger partial charge in [0.15, 0.2) is 0 Å². The van der Waals surface area contributed by atoms with Gasteiger partial charge in [-0.1, -0.05) is 12.1 Å². The molecule has 1 aliphatic rings. The van der Waals surface area contributed by atoms with Crippen molar-refractivity contribution in [2.75, 3.05) is 4.72 Å². The number of anilines is 1. The maximum Gasteiger partial charge on any atom is 0.326 e. The quantitative estimate of drug-likeness (QED) is 0.320. The first-order chi connectivity index (χ1) is 17.9. The van der Waals surface area contributed by atoms with Crippen molar-refractivity contribution in [3.05, 3.63) is 65.7 Å². The number of carbonyl (C=O) groups is 4. The molecule has 4 N–H and O–H groups in total. The van der Waals surface area contributed by atoms with Crippen LogP contribution in [0.25, 0.3) is 10.8 Å². The molecule has 0 saturated carbocycles. The second-order valence-corrected chi connectivity index (χ2v) is 10.1. The first-order valence-corrected chi connectivity index (χ1v) is 12.7. The molecule has 2 amide bonds. The van der Waals surface area contributed by atoms with E-state index in [0.717, 1.165) is 0 Å². The number of nitrogens with zero attached hydrogens (tertiary/aromatic N) is 2. The van der Waals surface area contributed by atoms with Gasteiger partial charge >= 0.3 is 11.9 Å². The van der Waals surface area contributed by atoms with Crippen molar-refractivity contribution in [1.29, 1.82) is 0 Å². The van der Waals surface area contributed by atoms with Crippen LogP contribution in [0.5, 0.6) is 0 Å². The highest BCUT2D eigenvalue weighted by molar-refractivity contribution is 7.92. The van der Waals surface area contributed by atoms with E-state index < -0.39 is 46.2 Å². The molecule has 0 fully saturated rings. The molecule has 1 heterocycles. The lowest BCUT2D eigenvalue weighted by Gasteiger charge is -2.15. The van der Waals surface area contributed by atoms with E-state index in [1.165, 1.54) is 36.4 Å². The summed E-state index contributed by atoms with van der Waals surface area (Å²) in [6.07, 6.45) is -0.736. The highest BCUT2D eigenvalue weighted by Crippen LogP contribution is 2.32. The molecule has 0 aromatic heterocycles. The summed E-state index contributed by atoms with van der Waals surface area (Å²) in [5, 5.41) is 25.1. The highest BCUT2D eigenvalue weighted by Gasteiger charge is 2.24. The third-order valence-corrected chi connectivity index (χ3v) is 7.07. The molecule has 4 rings (SSSR count). The van der Waals surface area contributed by atoms with Crippen LogP contribution in [0.15, 0.2) is 64.5 Å². The van der Waals surface area contributed by atoms with Crippen LogP contribution >= 0.6 is 0 Å². The number of aliphatic imine (C=N–C) groups is 1. The Balaban J connectivity index is 1.53. The number of hydrogen-bond acceptors (Lipinski definition) is 7. The summed E-state index contributed by atoms with van der Waals surface area (Å²) in [6.45, 7) is 1.59. The largest absolute Gasteiger partial charge is 0.481 e. The molecule has 0 bridgehead atoms. The summed E-state index contributed by atoms with van der Waals surface area (Å²) >= 11 is 0. The summed E-state index contributed by atoms with van der Waals surface area (Å²) in [5.41, 5.74) is 0.789. The highest BCUT2D eigenvalue weighted by atomic mass is 32.2. The van der Waals surface area contributed by atoms with Crippen LogP contribution in [0.3, 0.4) is 0 Å². The Kier molecular flexibility index (Phi) is 7.12. The van der Waals surface area contributed by atoms with E-state index in [0.29, 0.717) is 22.3 Å². The van der Waals surface area contributed by atoms with Crippen molar-refractivity contribution in [3.63, 3.8) is 0 Å². The SMILES string of the molecule is CC1=Nc2ccc3ccc(S(=O)(=O)Nc4ccc(C(=O)N[C@@H](CCC(=O)O)C(=O)O)cc4)cc3c2C(=O)[N]1. The van der Waals surface area contributed by atoms with Gasteiger partial charge in [-0.3, -0.25) is 19.1 Å². The number of carboxylic acids is 2. The summed E-state index contributed by atoms with van der Waals surface area (Å²) in [6, 6.07) is 11.6. The van der Waals surface area contributed by atoms with Crippen LogP contribution in [0.1, 0.15) is 40.5 Å². The first-order valence-electron chi connectivity index (χ1n) is 11.2. The maximum absolute atomic E-state index is 13.1. The second-order valence-electron chi connectivity index (χ2n) is 8.40. The third kappa shape index (κ3) is 5.62. The molecule has 0 saturated heterocycles. The van der Waals surface area contributed by atoms with Crippen LogP contribution in [0, 0.1) is 0 Å². The van der Waals surface area contributed by atoms with Crippen molar-refractivity contribution < 1.29 is 37.8 Å². The Hall–Kier alpha value is -4.78. The van der Waals surface area contributed by atoms with Crippen molar-refractivity contribution in [2.24, 2.45) is 4.99 Å². The molecule has 38 heavy (non-hydrogen) atoms. The number of fused-ring (bicyclic) bond motifs is 3. The Morgan fingerprint density at radius 1 is 1.00 bits per heavy atom. The lowest BCUT2D eigenvalue weighted by molar-refractivity contribution is -0.140. The van der Waals surface area contributed by atoms with E-state index in [1.807, 2.05) is 0 Å². The molecule has 195 valence electrons. The summed E-state index contributed by atoms with van der Waals surface area (Å²) in [7, 11) is -4.10. The number of amides is 2. The predicted octanol–water partition coefficient (Wildman–Crippen LogP) is 2.50. The van der Waals surface area contributed by atoms with Gasteiger partial charge in [0.1, 0.15) is 11.9 Å². The zero-order valence-corrected chi connectivity index (χ0v) is 20.7. The van der Waals surface area contributed by atoms with Crippen molar-refractivity contribution >= 4 is 61.8 Å². The predicted molar refractivity (Wildman–Crippen MR) is 136 cm³/mol. The van der Waals surface area contributed by atoms with Gasteiger partial charge in [-0.15, -0.1) is 0 Å². The molecule has 0 spiro atoms. The summed E-state index contributed by atoms with van der Waals surface area (Å²) < 4.78 is 28.5. The fraction of sp³-hybridized carbons (Fsp3) is 0.160. The van der Waals surface area contributed by atoms with E-state index >= 15 is 0 Å². The standard InChI is InChI=1S/C25H21N4O8S/c1-13-26-19-9-5-14-4-8-17(12-18(14)22(19)24(33)27-13)38(36,37)29-16-6-2-15(3-7-16)23(32)28-20(25(34)35)10-11-21(30)31/h2-9,12,20,29H,10-11H2,1H3,(H,28,32)(H,30,31)(H,34,35)/t20-/m0/s1. The molecule has 0 unspecified atom stereocenters. The van der Waals surface area contributed by atoms with E-state index in [2.05, 4.69) is 20.3 Å². The van der Waals surface area contributed by atoms with E-state index in [-0.39, 0.29) is 28.1 Å². The van der Waals surface area contributed by atoms with Crippen LogP contribution < -0.4 is 15.4 Å². The minimum absolute atomic E-state index is 0.0463. The number of aliphatic carboxylic acids is 2. The van der Waals surface area contributed by atoms with Crippen molar-refractivity contribution in [1.82, 2.24) is 10.6 Å². The zero-order chi connectivity index (χ0) is 27.6. The molecular formula is C25H21N4O8S. The first kappa shape index (κ1) is 26.3. The molecule has 12 nitrogen and oxygen atoms in total. The third-order valence-electron chi connectivity index (χ3n) is 5.69. The topological polar surface area (TPSA) is 193 Å². The molecule has 1 radical (unpaired) electrons. The summed E-state index contributed by atoms with van der Waals surface area (Å²) in [5.74, 6) is -3.54. The van der Waals surface area contributed by atoms with Gasteiger partial charge in [0.25, 0.3) is 21.8 Å². The summed E-state index contributed by atoms with van der Waals surface area (Å²) in [4.78, 5) is 51.1. The monoisotopic (exact) mass is 537 g/mol. The molecular weight excluding hydrogens is 516 g/mol.